The van der Waals surface area contributed by atoms with Crippen LogP contribution in [0.4, 0.5) is 5.69 Å². The molecule has 0 fully saturated rings. The van der Waals surface area contributed by atoms with E-state index in [9.17, 15) is 13.2 Å². The summed E-state index contributed by atoms with van der Waals surface area (Å²) in [6, 6.07) is 14.0. The van der Waals surface area contributed by atoms with Crippen molar-refractivity contribution in [2.24, 2.45) is 5.92 Å². The van der Waals surface area contributed by atoms with Crippen molar-refractivity contribution in [2.75, 3.05) is 25.0 Å². The molecule has 2 N–H and O–H groups in total. The van der Waals surface area contributed by atoms with E-state index < -0.39 is 10.0 Å². The molecule has 1 aliphatic heterocycles. The molecule has 3 aromatic rings. The smallest absolute Gasteiger partial charge is 0.256 e. The normalized spacial score (nSPS) is 14.4. The van der Waals surface area contributed by atoms with Crippen LogP contribution in [0.1, 0.15) is 42.4 Å². The first-order chi connectivity index (χ1) is 15.8. The van der Waals surface area contributed by atoms with Gasteiger partial charge in [-0.3, -0.25) is 14.7 Å². The summed E-state index contributed by atoms with van der Waals surface area (Å²) in [5, 5.41) is 3.78. The van der Waals surface area contributed by atoms with Gasteiger partial charge in [-0.25, -0.2) is 13.1 Å². The van der Waals surface area contributed by atoms with Gasteiger partial charge in [0.25, 0.3) is 5.91 Å². The van der Waals surface area contributed by atoms with Crippen molar-refractivity contribution in [3.63, 3.8) is 0 Å². The van der Waals surface area contributed by atoms with E-state index in [4.69, 9.17) is 4.98 Å². The lowest BCUT2D eigenvalue weighted by Gasteiger charge is -2.29. The number of anilines is 1. The van der Waals surface area contributed by atoms with Crippen molar-refractivity contribution < 1.29 is 13.2 Å². The minimum absolute atomic E-state index is 0.173. The Hall–Kier alpha value is -2.81. The van der Waals surface area contributed by atoms with Crippen LogP contribution in [-0.4, -0.2) is 43.8 Å². The third-order valence-corrected chi connectivity index (χ3v) is 7.34. The molecule has 0 unspecified atom stereocenters. The lowest BCUT2D eigenvalue weighted by Crippen LogP contribution is -2.33. The number of para-hydroxylation sites is 1. The molecular weight excluding hydrogens is 436 g/mol. The molecule has 2 aromatic carbocycles. The maximum Gasteiger partial charge on any atom is 0.256 e. The van der Waals surface area contributed by atoms with Gasteiger partial charge in [-0.15, -0.1) is 0 Å². The summed E-state index contributed by atoms with van der Waals surface area (Å²) in [6.45, 7) is 8.90. The van der Waals surface area contributed by atoms with E-state index in [1.807, 2.05) is 38.1 Å². The molecule has 174 valence electrons. The number of carbonyl (C=O) groups excluding carboxylic acids is 1. The highest BCUT2D eigenvalue weighted by Gasteiger charge is 2.25. The van der Waals surface area contributed by atoms with Crippen LogP contribution in [0.2, 0.25) is 0 Å². The van der Waals surface area contributed by atoms with Gasteiger partial charge >= 0.3 is 0 Å². The van der Waals surface area contributed by atoms with E-state index >= 15 is 0 Å². The standard InChI is InChI=1S/C25H30N4O3S/c1-4-29-14-13-23-21(16-29)24(20-7-5-6-8-22(20)28-23)25(30)27-18-9-11-19(12-10-18)33(31,32)26-15-17(2)3/h5-12,17,26H,4,13-16H2,1-3H3,(H,27,30). The fourth-order valence-electron chi connectivity index (χ4n) is 4.05. The third kappa shape index (κ3) is 5.08. The van der Waals surface area contributed by atoms with Gasteiger partial charge < -0.3 is 5.32 Å². The molecule has 0 aliphatic carbocycles. The zero-order valence-corrected chi connectivity index (χ0v) is 20.1. The Bertz CT molecular complexity index is 1270. The van der Waals surface area contributed by atoms with Gasteiger partial charge in [-0.05, 0) is 42.8 Å². The Morgan fingerprint density at radius 3 is 2.55 bits per heavy atom. The predicted molar refractivity (Wildman–Crippen MR) is 131 cm³/mol. The van der Waals surface area contributed by atoms with Crippen LogP contribution >= 0.6 is 0 Å². The number of amides is 1. The Kier molecular flexibility index (Phi) is 6.78. The van der Waals surface area contributed by atoms with Gasteiger partial charge in [0.05, 0.1) is 16.0 Å². The molecular formula is C25H30N4O3S. The minimum Gasteiger partial charge on any atom is -0.322 e. The molecule has 1 aliphatic rings. The summed E-state index contributed by atoms with van der Waals surface area (Å²) >= 11 is 0. The van der Waals surface area contributed by atoms with Gasteiger partial charge in [0.1, 0.15) is 0 Å². The summed E-state index contributed by atoms with van der Waals surface area (Å²) in [5.74, 6) is -0.000532. The van der Waals surface area contributed by atoms with Gasteiger partial charge in [-0.1, -0.05) is 39.0 Å². The predicted octanol–water partition coefficient (Wildman–Crippen LogP) is 3.80. The van der Waals surface area contributed by atoms with Gasteiger partial charge in [0, 0.05) is 48.4 Å². The summed E-state index contributed by atoms with van der Waals surface area (Å²) in [6.07, 6.45) is 0.810. The van der Waals surface area contributed by atoms with Crippen molar-refractivity contribution in [3.05, 3.63) is 65.4 Å². The monoisotopic (exact) mass is 466 g/mol. The van der Waals surface area contributed by atoms with Crippen LogP contribution in [0.15, 0.2) is 53.4 Å². The summed E-state index contributed by atoms with van der Waals surface area (Å²) in [5.41, 5.74) is 3.94. The number of nitrogens with one attached hydrogen (secondary N) is 2. The third-order valence-electron chi connectivity index (χ3n) is 5.90. The van der Waals surface area contributed by atoms with Gasteiger partial charge in [0.2, 0.25) is 10.0 Å². The SMILES string of the molecule is CCN1CCc2nc3ccccc3c(C(=O)Nc3ccc(S(=O)(=O)NCC(C)C)cc3)c2C1. The minimum atomic E-state index is -3.58. The lowest BCUT2D eigenvalue weighted by atomic mass is 9.95. The molecule has 0 spiro atoms. The fourth-order valence-corrected chi connectivity index (χ4v) is 5.26. The van der Waals surface area contributed by atoms with Crippen LogP contribution in [-0.2, 0) is 23.0 Å². The number of sulfonamides is 1. The average molecular weight is 467 g/mol. The van der Waals surface area contributed by atoms with E-state index in [2.05, 4.69) is 21.9 Å². The van der Waals surface area contributed by atoms with Crippen LogP contribution in [0, 0.1) is 5.92 Å². The number of rotatable bonds is 7. The Morgan fingerprint density at radius 2 is 1.85 bits per heavy atom. The number of carbonyl (C=O) groups is 1. The summed E-state index contributed by atoms with van der Waals surface area (Å²) in [4.78, 5) is 20.8. The number of likely N-dealkylation sites (N-methyl/N-ethyl adjacent to an activating group) is 1. The molecule has 0 saturated carbocycles. The average Bonchev–Trinajstić information content (AvgIpc) is 2.81. The molecule has 0 atom stereocenters. The molecule has 7 nitrogen and oxygen atoms in total. The van der Waals surface area contributed by atoms with Crippen LogP contribution in [0.25, 0.3) is 10.9 Å². The number of hydrogen-bond acceptors (Lipinski definition) is 5. The molecule has 2 heterocycles. The second kappa shape index (κ2) is 9.59. The molecule has 8 heteroatoms. The molecule has 33 heavy (non-hydrogen) atoms. The number of aromatic nitrogens is 1. The van der Waals surface area contributed by atoms with Crippen molar-refractivity contribution in [2.45, 2.75) is 38.6 Å². The van der Waals surface area contributed by atoms with Gasteiger partial charge in [-0.2, -0.15) is 0 Å². The van der Waals surface area contributed by atoms with Crippen LogP contribution < -0.4 is 10.0 Å². The highest BCUT2D eigenvalue weighted by atomic mass is 32.2. The Balaban J connectivity index is 1.63. The Labute approximate surface area is 195 Å². The fraction of sp³-hybridized carbons (Fsp3) is 0.360. The summed E-state index contributed by atoms with van der Waals surface area (Å²) < 4.78 is 27.5. The van der Waals surface area contributed by atoms with E-state index in [1.165, 1.54) is 12.1 Å². The highest BCUT2D eigenvalue weighted by molar-refractivity contribution is 7.89. The van der Waals surface area contributed by atoms with Crippen molar-refractivity contribution >= 4 is 32.5 Å². The van der Waals surface area contributed by atoms with Crippen LogP contribution in [0.3, 0.4) is 0 Å². The topological polar surface area (TPSA) is 91.4 Å². The van der Waals surface area contributed by atoms with E-state index in [0.717, 1.165) is 41.7 Å². The molecule has 0 saturated heterocycles. The lowest BCUT2D eigenvalue weighted by molar-refractivity contribution is 0.102. The number of hydrogen-bond donors (Lipinski definition) is 2. The summed E-state index contributed by atoms with van der Waals surface area (Å²) in [7, 11) is -3.58. The zero-order chi connectivity index (χ0) is 23.6. The largest absolute Gasteiger partial charge is 0.322 e. The first-order valence-corrected chi connectivity index (χ1v) is 12.8. The van der Waals surface area contributed by atoms with Crippen molar-refractivity contribution in [1.82, 2.24) is 14.6 Å². The van der Waals surface area contributed by atoms with Crippen LogP contribution in [0.5, 0.6) is 0 Å². The molecule has 0 bridgehead atoms. The first-order valence-electron chi connectivity index (χ1n) is 11.3. The number of pyridine rings is 1. The number of fused-ring (bicyclic) bond motifs is 2. The van der Waals surface area contributed by atoms with Gasteiger partial charge in [0.15, 0.2) is 0 Å². The maximum atomic E-state index is 13.5. The number of benzene rings is 2. The molecule has 1 amide bonds. The quantitative estimate of drug-likeness (QED) is 0.553. The van der Waals surface area contributed by atoms with E-state index in [1.54, 1.807) is 12.1 Å². The molecule has 1 aromatic heterocycles. The maximum absolute atomic E-state index is 13.5. The Morgan fingerprint density at radius 1 is 1.12 bits per heavy atom. The van der Waals surface area contributed by atoms with Crippen molar-refractivity contribution in [1.29, 1.82) is 0 Å². The van der Waals surface area contributed by atoms with Crippen molar-refractivity contribution in [3.8, 4) is 0 Å². The first kappa shape index (κ1) is 23.4. The number of nitrogens with zero attached hydrogens (tertiary/aromatic N) is 2. The second-order valence-electron chi connectivity index (χ2n) is 8.77. The molecule has 0 radical (unpaired) electrons. The van der Waals surface area contributed by atoms with E-state index in [-0.39, 0.29) is 16.7 Å². The zero-order valence-electron chi connectivity index (χ0n) is 19.3. The van der Waals surface area contributed by atoms with E-state index in [0.29, 0.717) is 24.3 Å². The second-order valence-corrected chi connectivity index (χ2v) is 10.5. The molecule has 4 rings (SSSR count). The highest BCUT2D eigenvalue weighted by Crippen LogP contribution is 2.29.